The molecule has 0 saturated heterocycles. The lowest BCUT2D eigenvalue weighted by molar-refractivity contribution is -0.121. The Kier molecular flexibility index (Phi) is 6.14. The number of aromatic nitrogens is 1. The molecule has 0 bridgehead atoms. The van der Waals surface area contributed by atoms with Gasteiger partial charge in [0, 0.05) is 36.0 Å². The molecule has 0 unspecified atom stereocenters. The van der Waals surface area contributed by atoms with Crippen LogP contribution in [0.25, 0.3) is 10.9 Å². The quantitative estimate of drug-likeness (QED) is 0.436. The first-order chi connectivity index (χ1) is 14.7. The Balaban J connectivity index is 1.53. The Hall–Kier alpha value is -3.53. The van der Waals surface area contributed by atoms with Gasteiger partial charge in [0.1, 0.15) is 5.75 Å². The van der Waals surface area contributed by atoms with E-state index in [4.69, 9.17) is 4.74 Å². The number of fused-ring (bicyclic) bond motifs is 1. The molecule has 0 fully saturated rings. The minimum Gasteiger partial charge on any atom is -0.497 e. The number of ether oxygens (including phenoxy) is 1. The minimum atomic E-state index is -0.0382. The Morgan fingerprint density at radius 1 is 0.967 bits per heavy atom. The molecule has 1 atom stereocenters. The van der Waals surface area contributed by atoms with Crippen molar-refractivity contribution in [1.29, 1.82) is 0 Å². The van der Waals surface area contributed by atoms with Gasteiger partial charge in [-0.1, -0.05) is 60.7 Å². The highest BCUT2D eigenvalue weighted by molar-refractivity contribution is 5.86. The van der Waals surface area contributed by atoms with Crippen molar-refractivity contribution in [1.82, 2.24) is 10.3 Å². The van der Waals surface area contributed by atoms with Gasteiger partial charge in [0.25, 0.3) is 0 Å². The molecular weight excluding hydrogens is 372 g/mol. The zero-order valence-electron chi connectivity index (χ0n) is 17.1. The number of hydrogen-bond donors (Lipinski definition) is 2. The van der Waals surface area contributed by atoms with Crippen LogP contribution in [0.1, 0.15) is 29.0 Å². The van der Waals surface area contributed by atoms with Crippen LogP contribution in [-0.4, -0.2) is 24.5 Å². The SMILES string of the molecule is COc1ccc([C@@H](CC(=O)NCCc2ccccc2)c2c[nH]c3ccccc23)cc1. The molecule has 152 valence electrons. The normalized spacial score (nSPS) is 11.9. The van der Waals surface area contributed by atoms with E-state index in [-0.39, 0.29) is 11.8 Å². The largest absolute Gasteiger partial charge is 0.497 e. The van der Waals surface area contributed by atoms with E-state index in [1.807, 2.05) is 60.8 Å². The molecule has 4 rings (SSSR count). The molecule has 4 heteroatoms. The zero-order valence-corrected chi connectivity index (χ0v) is 17.1. The monoisotopic (exact) mass is 398 g/mol. The van der Waals surface area contributed by atoms with E-state index in [0.29, 0.717) is 13.0 Å². The van der Waals surface area contributed by atoms with Crippen LogP contribution in [0.5, 0.6) is 5.75 Å². The van der Waals surface area contributed by atoms with Crippen molar-refractivity contribution in [2.24, 2.45) is 0 Å². The van der Waals surface area contributed by atoms with Gasteiger partial charge in [-0.05, 0) is 41.3 Å². The van der Waals surface area contributed by atoms with Crippen molar-refractivity contribution in [3.05, 3.63) is 102 Å². The average Bonchev–Trinajstić information content (AvgIpc) is 3.22. The van der Waals surface area contributed by atoms with Gasteiger partial charge in [0.05, 0.1) is 7.11 Å². The summed E-state index contributed by atoms with van der Waals surface area (Å²) in [7, 11) is 1.66. The van der Waals surface area contributed by atoms with E-state index in [1.54, 1.807) is 7.11 Å². The number of H-pyrrole nitrogens is 1. The van der Waals surface area contributed by atoms with E-state index >= 15 is 0 Å². The highest BCUT2D eigenvalue weighted by atomic mass is 16.5. The van der Waals surface area contributed by atoms with Crippen molar-refractivity contribution >= 4 is 16.8 Å². The topological polar surface area (TPSA) is 54.1 Å². The highest BCUT2D eigenvalue weighted by Gasteiger charge is 2.21. The molecule has 0 aliphatic rings. The van der Waals surface area contributed by atoms with Gasteiger partial charge in [-0.2, -0.15) is 0 Å². The first-order valence-corrected chi connectivity index (χ1v) is 10.2. The summed E-state index contributed by atoms with van der Waals surface area (Å²) in [5.74, 6) is 0.824. The minimum absolute atomic E-state index is 0.0382. The van der Waals surface area contributed by atoms with Crippen LogP contribution < -0.4 is 10.1 Å². The van der Waals surface area contributed by atoms with E-state index in [0.717, 1.165) is 34.2 Å². The van der Waals surface area contributed by atoms with E-state index < -0.39 is 0 Å². The third kappa shape index (κ3) is 4.54. The lowest BCUT2D eigenvalue weighted by Crippen LogP contribution is -2.27. The summed E-state index contributed by atoms with van der Waals surface area (Å²) in [6.07, 6.45) is 3.24. The molecule has 3 aromatic carbocycles. The number of rotatable bonds is 8. The number of para-hydroxylation sites is 1. The first kappa shape index (κ1) is 19.8. The van der Waals surface area contributed by atoms with Gasteiger partial charge in [-0.3, -0.25) is 4.79 Å². The second-order valence-electron chi connectivity index (χ2n) is 7.41. The smallest absolute Gasteiger partial charge is 0.220 e. The number of hydrogen-bond acceptors (Lipinski definition) is 2. The molecule has 0 aliphatic heterocycles. The lowest BCUT2D eigenvalue weighted by Gasteiger charge is -2.18. The van der Waals surface area contributed by atoms with E-state index in [1.165, 1.54) is 5.56 Å². The number of methoxy groups -OCH3 is 1. The van der Waals surface area contributed by atoms with Crippen LogP contribution in [0.2, 0.25) is 0 Å². The summed E-state index contributed by atoms with van der Waals surface area (Å²) < 4.78 is 5.30. The van der Waals surface area contributed by atoms with Crippen LogP contribution in [0.15, 0.2) is 85.1 Å². The Morgan fingerprint density at radius 2 is 1.70 bits per heavy atom. The molecule has 0 saturated carbocycles. The van der Waals surface area contributed by atoms with Crippen molar-refractivity contribution in [3.8, 4) is 5.75 Å². The van der Waals surface area contributed by atoms with Crippen molar-refractivity contribution < 1.29 is 9.53 Å². The molecule has 1 heterocycles. The maximum atomic E-state index is 12.8. The summed E-state index contributed by atoms with van der Waals surface area (Å²) in [6, 6.07) is 26.4. The van der Waals surface area contributed by atoms with E-state index in [2.05, 4.69) is 34.6 Å². The van der Waals surface area contributed by atoms with E-state index in [9.17, 15) is 4.79 Å². The van der Waals surface area contributed by atoms with Crippen molar-refractivity contribution in [2.45, 2.75) is 18.8 Å². The summed E-state index contributed by atoms with van der Waals surface area (Å²) >= 11 is 0. The molecule has 1 aromatic heterocycles. The van der Waals surface area contributed by atoms with Crippen LogP contribution >= 0.6 is 0 Å². The lowest BCUT2D eigenvalue weighted by atomic mass is 9.88. The fourth-order valence-electron chi connectivity index (χ4n) is 3.87. The van der Waals surface area contributed by atoms with Crippen LogP contribution in [0.4, 0.5) is 0 Å². The summed E-state index contributed by atoms with van der Waals surface area (Å²) in [5.41, 5.74) is 4.53. The maximum absolute atomic E-state index is 12.8. The van der Waals surface area contributed by atoms with Crippen molar-refractivity contribution in [3.63, 3.8) is 0 Å². The second kappa shape index (κ2) is 9.31. The summed E-state index contributed by atoms with van der Waals surface area (Å²) in [5, 5.41) is 4.24. The van der Waals surface area contributed by atoms with Gasteiger partial charge >= 0.3 is 0 Å². The standard InChI is InChI=1S/C26H26N2O2/c1-30-21-13-11-20(12-14-21)23(24-18-28-25-10-6-5-9-22(24)25)17-26(29)27-16-15-19-7-3-2-4-8-19/h2-14,18,23,28H,15-17H2,1H3,(H,27,29)/t23-/m1/s1. The van der Waals surface area contributed by atoms with Gasteiger partial charge in [0.2, 0.25) is 5.91 Å². The zero-order chi connectivity index (χ0) is 20.8. The molecular formula is C26H26N2O2. The molecule has 30 heavy (non-hydrogen) atoms. The average molecular weight is 399 g/mol. The summed E-state index contributed by atoms with van der Waals surface area (Å²) in [6.45, 7) is 0.631. The number of carbonyl (C=O) groups excluding carboxylic acids is 1. The fourth-order valence-corrected chi connectivity index (χ4v) is 3.87. The number of benzene rings is 3. The van der Waals surface area contributed by atoms with Gasteiger partial charge in [-0.15, -0.1) is 0 Å². The van der Waals surface area contributed by atoms with Crippen molar-refractivity contribution in [2.75, 3.05) is 13.7 Å². The van der Waals surface area contributed by atoms with Crippen LogP contribution in [-0.2, 0) is 11.2 Å². The van der Waals surface area contributed by atoms with Gasteiger partial charge < -0.3 is 15.0 Å². The predicted molar refractivity (Wildman–Crippen MR) is 121 cm³/mol. The number of amides is 1. The number of nitrogens with one attached hydrogen (secondary N) is 2. The molecule has 1 amide bonds. The molecule has 4 aromatic rings. The molecule has 2 N–H and O–H groups in total. The first-order valence-electron chi connectivity index (χ1n) is 10.2. The maximum Gasteiger partial charge on any atom is 0.220 e. The van der Waals surface area contributed by atoms with Gasteiger partial charge in [0.15, 0.2) is 0 Å². The molecule has 4 nitrogen and oxygen atoms in total. The van der Waals surface area contributed by atoms with Crippen LogP contribution in [0.3, 0.4) is 0 Å². The van der Waals surface area contributed by atoms with Gasteiger partial charge in [-0.25, -0.2) is 0 Å². The summed E-state index contributed by atoms with van der Waals surface area (Å²) in [4.78, 5) is 16.2. The molecule has 0 aliphatic carbocycles. The Morgan fingerprint density at radius 3 is 2.47 bits per heavy atom. The van der Waals surface area contributed by atoms with Crippen LogP contribution in [0, 0.1) is 0 Å². The predicted octanol–water partition coefficient (Wildman–Crippen LogP) is 5.06. The molecule has 0 spiro atoms. The third-order valence-electron chi connectivity index (χ3n) is 5.48. The number of aromatic amines is 1. The second-order valence-corrected chi connectivity index (χ2v) is 7.41. The highest BCUT2D eigenvalue weighted by Crippen LogP contribution is 2.34. The third-order valence-corrected chi connectivity index (χ3v) is 5.48. The Bertz CT molecular complexity index is 1100. The fraction of sp³-hybridized carbons (Fsp3) is 0.192. The number of carbonyl (C=O) groups is 1. The Labute approximate surface area is 176 Å². The molecule has 0 radical (unpaired) electrons.